The smallest absolute Gasteiger partial charge is 0.253 e. The highest BCUT2D eigenvalue weighted by Gasteiger charge is 2.24. The summed E-state index contributed by atoms with van der Waals surface area (Å²) in [5, 5.41) is 5.57. The van der Waals surface area contributed by atoms with Crippen molar-refractivity contribution in [3.8, 4) is 0 Å². The summed E-state index contributed by atoms with van der Waals surface area (Å²) in [4.78, 5) is 29.9. The molecule has 2 aromatic carbocycles. The van der Waals surface area contributed by atoms with Crippen LogP contribution in [0.15, 0.2) is 84.0 Å². The van der Waals surface area contributed by atoms with Gasteiger partial charge in [-0.05, 0) is 54.8 Å². The number of amides is 2. The van der Waals surface area contributed by atoms with Gasteiger partial charge in [0, 0.05) is 30.5 Å². The second kappa shape index (κ2) is 11.2. The summed E-state index contributed by atoms with van der Waals surface area (Å²) in [6.07, 6.45) is 7.04. The first-order valence-electron chi connectivity index (χ1n) is 11.6. The van der Waals surface area contributed by atoms with Crippen LogP contribution in [-0.4, -0.2) is 37.3 Å². The molecule has 182 valence electrons. The quantitative estimate of drug-likeness (QED) is 0.424. The standard InChI is InChI=1S/C26H28N4O4S/c31-25(20-9-6-16-27-18-20)29-24(17-19-7-2-1-3-8-19)26(32)28-21-12-14-23(15-13-21)35(33,34)30-22-10-4-5-11-22/h1-3,6-9,12-16,18,22,24,30H,4-5,10-11,17H2,(H,28,32)(H,29,31). The number of nitrogens with one attached hydrogen (secondary N) is 3. The molecule has 1 fully saturated rings. The van der Waals surface area contributed by atoms with Crippen LogP contribution in [0.3, 0.4) is 0 Å². The second-order valence-electron chi connectivity index (χ2n) is 8.57. The lowest BCUT2D eigenvalue weighted by Gasteiger charge is -2.19. The third-order valence-electron chi connectivity index (χ3n) is 5.94. The molecular weight excluding hydrogens is 464 g/mol. The lowest BCUT2D eigenvalue weighted by atomic mass is 10.0. The van der Waals surface area contributed by atoms with Gasteiger partial charge >= 0.3 is 0 Å². The molecule has 1 unspecified atom stereocenters. The molecule has 4 rings (SSSR count). The van der Waals surface area contributed by atoms with Gasteiger partial charge in [-0.2, -0.15) is 0 Å². The molecule has 1 aliphatic rings. The number of hydrogen-bond acceptors (Lipinski definition) is 5. The highest BCUT2D eigenvalue weighted by Crippen LogP contribution is 2.21. The molecule has 1 saturated carbocycles. The highest BCUT2D eigenvalue weighted by atomic mass is 32.2. The fourth-order valence-corrected chi connectivity index (χ4v) is 5.38. The van der Waals surface area contributed by atoms with Crippen LogP contribution in [0.4, 0.5) is 5.69 Å². The van der Waals surface area contributed by atoms with Gasteiger partial charge in [0.1, 0.15) is 6.04 Å². The van der Waals surface area contributed by atoms with Crippen molar-refractivity contribution in [3.63, 3.8) is 0 Å². The van der Waals surface area contributed by atoms with E-state index in [0.717, 1.165) is 31.2 Å². The monoisotopic (exact) mass is 492 g/mol. The van der Waals surface area contributed by atoms with Crippen molar-refractivity contribution in [1.82, 2.24) is 15.0 Å². The molecule has 0 bridgehead atoms. The molecule has 0 aliphatic heterocycles. The summed E-state index contributed by atoms with van der Waals surface area (Å²) >= 11 is 0. The summed E-state index contributed by atoms with van der Waals surface area (Å²) in [5.41, 5.74) is 1.67. The number of nitrogens with zero attached hydrogens (tertiary/aromatic N) is 1. The summed E-state index contributed by atoms with van der Waals surface area (Å²) in [7, 11) is -3.62. The predicted molar refractivity (Wildman–Crippen MR) is 133 cm³/mol. The number of sulfonamides is 1. The van der Waals surface area contributed by atoms with Crippen molar-refractivity contribution in [3.05, 3.63) is 90.3 Å². The van der Waals surface area contributed by atoms with Gasteiger partial charge in [0.05, 0.1) is 10.5 Å². The average molecular weight is 493 g/mol. The van der Waals surface area contributed by atoms with E-state index in [0.29, 0.717) is 11.3 Å². The number of benzene rings is 2. The van der Waals surface area contributed by atoms with E-state index >= 15 is 0 Å². The number of pyridine rings is 1. The highest BCUT2D eigenvalue weighted by molar-refractivity contribution is 7.89. The van der Waals surface area contributed by atoms with Crippen LogP contribution in [0.2, 0.25) is 0 Å². The number of aromatic nitrogens is 1. The molecule has 8 nitrogen and oxygen atoms in total. The van der Waals surface area contributed by atoms with E-state index in [4.69, 9.17) is 0 Å². The minimum absolute atomic E-state index is 0.0263. The van der Waals surface area contributed by atoms with Crippen molar-refractivity contribution < 1.29 is 18.0 Å². The first kappa shape index (κ1) is 24.6. The zero-order chi connectivity index (χ0) is 24.7. The third-order valence-corrected chi connectivity index (χ3v) is 7.47. The second-order valence-corrected chi connectivity index (χ2v) is 10.3. The van der Waals surface area contributed by atoms with Gasteiger partial charge in [-0.3, -0.25) is 14.6 Å². The van der Waals surface area contributed by atoms with Crippen molar-refractivity contribution >= 4 is 27.5 Å². The first-order valence-corrected chi connectivity index (χ1v) is 13.1. The lowest BCUT2D eigenvalue weighted by molar-refractivity contribution is -0.118. The zero-order valence-corrected chi connectivity index (χ0v) is 20.0. The number of carbonyl (C=O) groups excluding carboxylic acids is 2. The Balaban J connectivity index is 1.46. The molecule has 0 saturated heterocycles. The number of carbonyl (C=O) groups is 2. The van der Waals surface area contributed by atoms with Crippen molar-refractivity contribution in [2.24, 2.45) is 0 Å². The van der Waals surface area contributed by atoms with Gasteiger partial charge in [0.15, 0.2) is 0 Å². The molecule has 0 radical (unpaired) electrons. The Morgan fingerprint density at radius 2 is 1.66 bits per heavy atom. The fraction of sp³-hybridized carbons (Fsp3) is 0.269. The Morgan fingerprint density at radius 3 is 2.31 bits per heavy atom. The molecule has 1 heterocycles. The number of anilines is 1. The average Bonchev–Trinajstić information content (AvgIpc) is 3.37. The molecule has 0 spiro atoms. The maximum atomic E-state index is 13.1. The molecular formula is C26H28N4O4S. The van der Waals surface area contributed by atoms with Crippen molar-refractivity contribution in [1.29, 1.82) is 0 Å². The van der Waals surface area contributed by atoms with Crippen LogP contribution in [0.1, 0.15) is 41.6 Å². The van der Waals surface area contributed by atoms with Gasteiger partial charge in [-0.1, -0.05) is 43.2 Å². The fourth-order valence-electron chi connectivity index (χ4n) is 4.08. The van der Waals surface area contributed by atoms with Crippen LogP contribution < -0.4 is 15.4 Å². The molecule has 9 heteroatoms. The number of rotatable bonds is 9. The van der Waals surface area contributed by atoms with E-state index in [9.17, 15) is 18.0 Å². The minimum Gasteiger partial charge on any atom is -0.340 e. The van der Waals surface area contributed by atoms with Crippen molar-refractivity contribution in [2.45, 2.75) is 49.1 Å². The van der Waals surface area contributed by atoms with Gasteiger partial charge < -0.3 is 10.6 Å². The summed E-state index contributed by atoms with van der Waals surface area (Å²) in [6, 6.07) is 17.8. The van der Waals surface area contributed by atoms with Crippen LogP contribution in [-0.2, 0) is 21.2 Å². The topological polar surface area (TPSA) is 117 Å². The van der Waals surface area contributed by atoms with Gasteiger partial charge in [0.25, 0.3) is 5.91 Å². The maximum Gasteiger partial charge on any atom is 0.253 e. The lowest BCUT2D eigenvalue weighted by Crippen LogP contribution is -2.45. The van der Waals surface area contributed by atoms with E-state index in [-0.39, 0.29) is 17.4 Å². The van der Waals surface area contributed by atoms with Crippen LogP contribution in [0.5, 0.6) is 0 Å². The maximum absolute atomic E-state index is 13.1. The summed E-state index contributed by atoms with van der Waals surface area (Å²) in [5.74, 6) is -0.820. The molecule has 1 aliphatic carbocycles. The molecule has 1 atom stereocenters. The molecule has 3 aromatic rings. The Morgan fingerprint density at radius 1 is 0.943 bits per heavy atom. The Labute approximate surface area is 205 Å². The molecule has 1 aromatic heterocycles. The van der Waals surface area contributed by atoms with E-state index in [1.54, 1.807) is 30.5 Å². The van der Waals surface area contributed by atoms with Crippen LogP contribution in [0.25, 0.3) is 0 Å². The van der Waals surface area contributed by atoms with E-state index < -0.39 is 27.9 Å². The zero-order valence-electron chi connectivity index (χ0n) is 19.2. The normalized spacial score (nSPS) is 14.9. The van der Waals surface area contributed by atoms with Gasteiger partial charge in [-0.15, -0.1) is 0 Å². The molecule has 3 N–H and O–H groups in total. The SMILES string of the molecule is O=C(NC(Cc1ccccc1)C(=O)Nc1ccc(S(=O)(=O)NC2CCCC2)cc1)c1cccnc1. The van der Waals surface area contributed by atoms with E-state index in [1.807, 2.05) is 30.3 Å². The summed E-state index contributed by atoms with van der Waals surface area (Å²) in [6.45, 7) is 0. The van der Waals surface area contributed by atoms with E-state index in [2.05, 4.69) is 20.3 Å². The van der Waals surface area contributed by atoms with E-state index in [1.165, 1.54) is 18.3 Å². The van der Waals surface area contributed by atoms with Crippen LogP contribution in [0, 0.1) is 0 Å². The first-order chi connectivity index (χ1) is 16.9. The van der Waals surface area contributed by atoms with Crippen molar-refractivity contribution in [2.75, 3.05) is 5.32 Å². The Kier molecular flexibility index (Phi) is 7.89. The Hall–Kier alpha value is -3.56. The largest absolute Gasteiger partial charge is 0.340 e. The molecule has 35 heavy (non-hydrogen) atoms. The van der Waals surface area contributed by atoms with Gasteiger partial charge in [-0.25, -0.2) is 13.1 Å². The molecule has 2 amide bonds. The Bertz CT molecular complexity index is 1240. The van der Waals surface area contributed by atoms with Gasteiger partial charge in [0.2, 0.25) is 15.9 Å². The number of hydrogen-bond donors (Lipinski definition) is 3. The predicted octanol–water partition coefficient (Wildman–Crippen LogP) is 3.28. The third kappa shape index (κ3) is 6.74. The minimum atomic E-state index is -3.62. The summed E-state index contributed by atoms with van der Waals surface area (Å²) < 4.78 is 28.0. The van der Waals surface area contributed by atoms with Crippen LogP contribution >= 0.6 is 0 Å².